The van der Waals surface area contributed by atoms with Gasteiger partial charge >= 0.3 is 6.09 Å². The van der Waals surface area contributed by atoms with Crippen molar-refractivity contribution in [3.8, 4) is 0 Å². The summed E-state index contributed by atoms with van der Waals surface area (Å²) < 4.78 is 5.31. The molecule has 2 atom stereocenters. The zero-order valence-corrected chi connectivity index (χ0v) is 22.9. The minimum atomic E-state index is -1.24. The predicted molar refractivity (Wildman–Crippen MR) is 152 cm³/mol. The number of ether oxygens (including phenoxy) is 1. The van der Waals surface area contributed by atoms with Crippen molar-refractivity contribution in [2.75, 3.05) is 18.5 Å². The standard InChI is InChI=1S/C30H36N4O6/c1-30(2,3)40-29(39)33-24(15-16-25(31)36)28(38)34(17-18-35)26(21-10-5-4-6-11-21)27(37)32-23-14-13-20-9-7-8-12-22(20)19-23/h4-14,19,24,26,35H,15-18H2,1-3H3,(H2,31,36)(H,32,37)(H,33,39). The fourth-order valence-electron chi connectivity index (χ4n) is 4.25. The molecule has 0 aliphatic heterocycles. The van der Waals surface area contributed by atoms with Crippen LogP contribution in [0.2, 0.25) is 0 Å². The van der Waals surface area contributed by atoms with E-state index in [4.69, 9.17) is 10.5 Å². The maximum Gasteiger partial charge on any atom is 0.408 e. The number of nitrogens with one attached hydrogen (secondary N) is 2. The monoisotopic (exact) mass is 548 g/mol. The molecule has 10 nitrogen and oxygen atoms in total. The lowest BCUT2D eigenvalue weighted by atomic mass is 10.0. The smallest absolute Gasteiger partial charge is 0.408 e. The topological polar surface area (TPSA) is 151 Å². The molecule has 0 radical (unpaired) electrons. The van der Waals surface area contributed by atoms with Crippen molar-refractivity contribution >= 4 is 40.3 Å². The number of carbonyl (C=O) groups is 4. The van der Waals surface area contributed by atoms with E-state index in [-0.39, 0.29) is 19.4 Å². The van der Waals surface area contributed by atoms with E-state index in [1.807, 2.05) is 36.4 Å². The van der Waals surface area contributed by atoms with Crippen LogP contribution in [0.4, 0.5) is 10.5 Å². The number of amides is 4. The van der Waals surface area contributed by atoms with Gasteiger partial charge in [-0.2, -0.15) is 0 Å². The van der Waals surface area contributed by atoms with Crippen LogP contribution < -0.4 is 16.4 Å². The molecule has 3 aromatic rings. The molecule has 10 heteroatoms. The molecule has 0 bridgehead atoms. The molecule has 3 rings (SSSR count). The average molecular weight is 549 g/mol. The number of rotatable bonds is 11. The van der Waals surface area contributed by atoms with Gasteiger partial charge in [0, 0.05) is 18.7 Å². The third-order valence-electron chi connectivity index (χ3n) is 5.98. The molecule has 2 unspecified atom stereocenters. The predicted octanol–water partition coefficient (Wildman–Crippen LogP) is 3.50. The molecule has 40 heavy (non-hydrogen) atoms. The van der Waals surface area contributed by atoms with Crippen molar-refractivity contribution in [2.24, 2.45) is 5.73 Å². The van der Waals surface area contributed by atoms with E-state index in [1.165, 1.54) is 4.90 Å². The second-order valence-electron chi connectivity index (χ2n) is 10.3. The number of aliphatic hydroxyl groups is 1. The summed E-state index contributed by atoms with van der Waals surface area (Å²) in [5.41, 5.74) is 5.51. The van der Waals surface area contributed by atoms with Crippen LogP contribution in [0.5, 0.6) is 0 Å². The highest BCUT2D eigenvalue weighted by molar-refractivity contribution is 6.00. The first kappa shape index (κ1) is 30.1. The number of anilines is 1. The summed E-state index contributed by atoms with van der Waals surface area (Å²) in [6, 6.07) is 19.4. The van der Waals surface area contributed by atoms with Crippen LogP contribution in [0.1, 0.15) is 45.2 Å². The van der Waals surface area contributed by atoms with Crippen molar-refractivity contribution in [3.63, 3.8) is 0 Å². The second-order valence-corrected chi connectivity index (χ2v) is 10.3. The van der Waals surface area contributed by atoms with Crippen molar-refractivity contribution in [2.45, 2.75) is 51.3 Å². The van der Waals surface area contributed by atoms with Crippen LogP contribution in [0.15, 0.2) is 72.8 Å². The van der Waals surface area contributed by atoms with Gasteiger partial charge in [0.15, 0.2) is 0 Å². The maximum atomic E-state index is 13.9. The number of primary amides is 1. The van der Waals surface area contributed by atoms with Gasteiger partial charge in [-0.3, -0.25) is 14.4 Å². The number of hydrogen-bond acceptors (Lipinski definition) is 6. The quantitative estimate of drug-likeness (QED) is 0.288. The van der Waals surface area contributed by atoms with Crippen LogP contribution in [0.25, 0.3) is 10.8 Å². The number of benzene rings is 3. The van der Waals surface area contributed by atoms with Crippen LogP contribution in [-0.2, 0) is 19.1 Å². The molecular weight excluding hydrogens is 512 g/mol. The van der Waals surface area contributed by atoms with E-state index >= 15 is 0 Å². The van der Waals surface area contributed by atoms with E-state index in [1.54, 1.807) is 57.2 Å². The summed E-state index contributed by atoms with van der Waals surface area (Å²) in [5, 5.41) is 17.2. The molecule has 0 fully saturated rings. The number of fused-ring (bicyclic) bond motifs is 1. The van der Waals surface area contributed by atoms with Crippen molar-refractivity contribution < 1.29 is 29.0 Å². The summed E-state index contributed by atoms with van der Waals surface area (Å²) in [6.45, 7) is 4.36. The number of nitrogens with two attached hydrogens (primary N) is 1. The van der Waals surface area contributed by atoms with Gasteiger partial charge in [0.25, 0.3) is 5.91 Å². The molecular formula is C30H36N4O6. The van der Waals surface area contributed by atoms with Gasteiger partial charge in [-0.15, -0.1) is 0 Å². The minimum Gasteiger partial charge on any atom is -0.444 e. The van der Waals surface area contributed by atoms with E-state index < -0.39 is 48.1 Å². The lowest BCUT2D eigenvalue weighted by molar-refractivity contribution is -0.141. The Labute approximate surface area is 233 Å². The number of alkyl carbamates (subject to hydrolysis) is 1. The van der Waals surface area contributed by atoms with Gasteiger partial charge in [-0.25, -0.2) is 4.79 Å². The fraction of sp³-hybridized carbons (Fsp3) is 0.333. The summed E-state index contributed by atoms with van der Waals surface area (Å²) in [5.74, 6) is -1.86. The van der Waals surface area contributed by atoms with Crippen molar-refractivity contribution in [3.05, 3.63) is 78.4 Å². The summed E-state index contributed by atoms with van der Waals surface area (Å²) in [6.07, 6.45) is -1.18. The van der Waals surface area contributed by atoms with Gasteiger partial charge < -0.3 is 31.1 Å². The Morgan fingerprint density at radius 2 is 1.60 bits per heavy atom. The SMILES string of the molecule is CC(C)(C)OC(=O)NC(CCC(N)=O)C(=O)N(CCO)C(C(=O)Nc1ccc2ccccc2c1)c1ccccc1. The fourth-order valence-corrected chi connectivity index (χ4v) is 4.25. The van der Waals surface area contributed by atoms with E-state index in [9.17, 15) is 24.3 Å². The molecule has 0 spiro atoms. The highest BCUT2D eigenvalue weighted by atomic mass is 16.6. The minimum absolute atomic E-state index is 0.122. The normalized spacial score (nSPS) is 12.7. The van der Waals surface area contributed by atoms with E-state index in [0.29, 0.717) is 11.3 Å². The zero-order chi connectivity index (χ0) is 29.3. The van der Waals surface area contributed by atoms with E-state index in [0.717, 1.165) is 10.8 Å². The van der Waals surface area contributed by atoms with Crippen molar-refractivity contribution in [1.82, 2.24) is 10.2 Å². The molecule has 4 amide bonds. The summed E-state index contributed by atoms with van der Waals surface area (Å²) in [4.78, 5) is 53.0. The first-order chi connectivity index (χ1) is 19.0. The maximum absolute atomic E-state index is 13.9. The summed E-state index contributed by atoms with van der Waals surface area (Å²) in [7, 11) is 0. The van der Waals surface area contributed by atoms with Gasteiger partial charge in [0.05, 0.1) is 6.61 Å². The molecule has 0 saturated heterocycles. The number of hydrogen-bond donors (Lipinski definition) is 4. The van der Waals surface area contributed by atoms with Crippen molar-refractivity contribution in [1.29, 1.82) is 0 Å². The van der Waals surface area contributed by atoms with Gasteiger partial charge in [-0.1, -0.05) is 60.7 Å². The Hall–Kier alpha value is -4.44. The average Bonchev–Trinajstić information content (AvgIpc) is 2.89. The first-order valence-electron chi connectivity index (χ1n) is 13.0. The Bertz CT molecular complexity index is 1340. The third-order valence-corrected chi connectivity index (χ3v) is 5.98. The Kier molecular flexibility index (Phi) is 10.2. The first-order valence-corrected chi connectivity index (χ1v) is 13.0. The molecule has 3 aromatic carbocycles. The summed E-state index contributed by atoms with van der Waals surface area (Å²) >= 11 is 0. The van der Waals surface area contributed by atoms with E-state index in [2.05, 4.69) is 10.6 Å². The Morgan fingerprint density at radius 1 is 0.950 bits per heavy atom. The second kappa shape index (κ2) is 13.6. The zero-order valence-electron chi connectivity index (χ0n) is 22.9. The van der Waals surface area contributed by atoms with Crippen LogP contribution in [0, 0.1) is 0 Å². The molecule has 0 heterocycles. The molecule has 0 aromatic heterocycles. The lowest BCUT2D eigenvalue weighted by Gasteiger charge is -2.34. The van der Waals surface area contributed by atoms with Crippen LogP contribution >= 0.6 is 0 Å². The van der Waals surface area contributed by atoms with Gasteiger partial charge in [0.2, 0.25) is 11.8 Å². The largest absolute Gasteiger partial charge is 0.444 e. The lowest BCUT2D eigenvalue weighted by Crippen LogP contribution is -2.53. The molecule has 0 saturated carbocycles. The molecule has 0 aliphatic rings. The highest BCUT2D eigenvalue weighted by Gasteiger charge is 2.36. The molecule has 212 valence electrons. The Balaban J connectivity index is 1.96. The number of aliphatic hydroxyl groups excluding tert-OH is 1. The Morgan fingerprint density at radius 3 is 2.23 bits per heavy atom. The number of nitrogens with zero attached hydrogens (tertiary/aromatic N) is 1. The van der Waals surface area contributed by atoms with Gasteiger partial charge in [0.1, 0.15) is 17.7 Å². The van der Waals surface area contributed by atoms with Gasteiger partial charge in [-0.05, 0) is 55.7 Å². The van der Waals surface area contributed by atoms with Crippen LogP contribution in [0.3, 0.4) is 0 Å². The number of carbonyl (C=O) groups excluding carboxylic acids is 4. The highest BCUT2D eigenvalue weighted by Crippen LogP contribution is 2.26. The molecule has 5 N–H and O–H groups in total. The van der Waals surface area contributed by atoms with Crippen LogP contribution in [-0.4, -0.2) is 58.6 Å². The third kappa shape index (κ3) is 8.54. The molecule has 0 aliphatic carbocycles.